The van der Waals surface area contributed by atoms with Crippen LogP contribution in [0.15, 0.2) is 24.3 Å². The van der Waals surface area contributed by atoms with Crippen LogP contribution in [-0.4, -0.2) is 25.1 Å². The third-order valence-corrected chi connectivity index (χ3v) is 1.90. The predicted octanol–water partition coefficient (Wildman–Crippen LogP) is 1.02. The predicted molar refractivity (Wildman–Crippen MR) is 54.7 cm³/mol. The van der Waals surface area contributed by atoms with Crippen molar-refractivity contribution in [3.05, 3.63) is 29.8 Å². The zero-order valence-corrected chi connectivity index (χ0v) is 9.17. The number of halogens is 3. The maximum absolute atomic E-state index is 11.9. The fourth-order valence-electron chi connectivity index (χ4n) is 1.08. The summed E-state index contributed by atoms with van der Waals surface area (Å²) in [6, 6.07) is 5.89. The van der Waals surface area contributed by atoms with Crippen LogP contribution in [0.2, 0.25) is 0 Å². The number of benzene rings is 1. The van der Waals surface area contributed by atoms with Gasteiger partial charge in [0.25, 0.3) is 5.91 Å². The Labute approximate surface area is 99.9 Å². The second kappa shape index (κ2) is 5.39. The summed E-state index contributed by atoms with van der Waals surface area (Å²) in [6.45, 7) is 0. The number of rotatable bonds is 2. The lowest BCUT2D eigenvalue weighted by molar-refractivity contribution is -0.174. The zero-order chi connectivity index (χ0) is 13.8. The van der Waals surface area contributed by atoms with E-state index in [9.17, 15) is 22.8 Å². The van der Waals surface area contributed by atoms with Crippen molar-refractivity contribution in [3.8, 4) is 5.75 Å². The first-order valence-electron chi connectivity index (χ1n) is 4.66. The van der Waals surface area contributed by atoms with Crippen molar-refractivity contribution in [1.82, 2.24) is 10.9 Å². The van der Waals surface area contributed by atoms with Gasteiger partial charge in [-0.2, -0.15) is 13.2 Å². The number of methoxy groups -OCH3 is 1. The molecule has 1 aromatic rings. The average Bonchev–Trinajstić information content (AvgIpc) is 2.34. The van der Waals surface area contributed by atoms with Gasteiger partial charge in [0.1, 0.15) is 5.75 Å². The summed E-state index contributed by atoms with van der Waals surface area (Å²) in [5.74, 6) is -2.99. The van der Waals surface area contributed by atoms with Crippen LogP contribution >= 0.6 is 0 Å². The molecular weight excluding hydrogens is 253 g/mol. The molecule has 0 aliphatic carbocycles. The molecule has 0 bridgehead atoms. The lowest BCUT2D eigenvalue weighted by Gasteiger charge is -2.11. The second-order valence-corrected chi connectivity index (χ2v) is 3.11. The highest BCUT2D eigenvalue weighted by atomic mass is 19.4. The molecular formula is C10H9F3N2O3. The van der Waals surface area contributed by atoms with E-state index in [-0.39, 0.29) is 11.3 Å². The van der Waals surface area contributed by atoms with Gasteiger partial charge in [-0.15, -0.1) is 0 Å². The Morgan fingerprint density at radius 3 is 2.33 bits per heavy atom. The Kier molecular flexibility index (Phi) is 4.13. The molecule has 1 rings (SSSR count). The van der Waals surface area contributed by atoms with Gasteiger partial charge >= 0.3 is 12.1 Å². The van der Waals surface area contributed by atoms with Gasteiger partial charge in [-0.3, -0.25) is 20.4 Å². The second-order valence-electron chi connectivity index (χ2n) is 3.11. The molecule has 8 heteroatoms. The van der Waals surface area contributed by atoms with Crippen LogP contribution < -0.4 is 15.6 Å². The van der Waals surface area contributed by atoms with Crippen molar-refractivity contribution in [1.29, 1.82) is 0 Å². The molecule has 0 aliphatic heterocycles. The van der Waals surface area contributed by atoms with Crippen molar-refractivity contribution in [2.75, 3.05) is 7.11 Å². The summed E-state index contributed by atoms with van der Waals surface area (Å²) in [7, 11) is 1.31. The molecule has 5 nitrogen and oxygen atoms in total. The highest BCUT2D eigenvalue weighted by molar-refractivity contribution is 5.98. The average molecular weight is 262 g/mol. The first-order valence-corrected chi connectivity index (χ1v) is 4.66. The molecule has 0 aliphatic rings. The minimum Gasteiger partial charge on any atom is -0.496 e. The summed E-state index contributed by atoms with van der Waals surface area (Å²) < 4.78 is 40.4. The van der Waals surface area contributed by atoms with E-state index >= 15 is 0 Å². The number of hydrogen-bond donors (Lipinski definition) is 2. The Bertz CT molecular complexity index is 460. The van der Waals surface area contributed by atoms with Gasteiger partial charge < -0.3 is 4.74 Å². The lowest BCUT2D eigenvalue weighted by Crippen LogP contribution is -2.47. The van der Waals surface area contributed by atoms with Crippen molar-refractivity contribution < 1.29 is 27.5 Å². The monoisotopic (exact) mass is 262 g/mol. The molecule has 2 amide bonds. The fourth-order valence-corrected chi connectivity index (χ4v) is 1.08. The lowest BCUT2D eigenvalue weighted by atomic mass is 10.2. The van der Waals surface area contributed by atoms with Crippen LogP contribution in [0.4, 0.5) is 13.2 Å². The molecule has 18 heavy (non-hydrogen) atoms. The van der Waals surface area contributed by atoms with Crippen LogP contribution in [0.5, 0.6) is 5.75 Å². The van der Waals surface area contributed by atoms with Crippen molar-refractivity contribution in [2.24, 2.45) is 0 Å². The summed E-state index contributed by atoms with van der Waals surface area (Å²) in [6.07, 6.45) is -5.06. The largest absolute Gasteiger partial charge is 0.496 e. The molecule has 0 atom stereocenters. The van der Waals surface area contributed by atoms with Crippen LogP contribution in [-0.2, 0) is 4.79 Å². The third kappa shape index (κ3) is 3.37. The maximum atomic E-state index is 11.9. The van der Waals surface area contributed by atoms with E-state index in [1.807, 2.05) is 0 Å². The number of amides is 2. The smallest absolute Gasteiger partial charge is 0.472 e. The SMILES string of the molecule is COc1ccccc1C(=O)NNC(=O)C(F)(F)F. The van der Waals surface area contributed by atoms with E-state index in [4.69, 9.17) is 4.74 Å². The first kappa shape index (κ1) is 13.8. The minimum absolute atomic E-state index is 0.00229. The Morgan fingerprint density at radius 1 is 1.17 bits per heavy atom. The topological polar surface area (TPSA) is 67.4 Å². The van der Waals surface area contributed by atoms with Crippen LogP contribution in [0.3, 0.4) is 0 Å². The Balaban J connectivity index is 2.69. The normalized spacial score (nSPS) is 10.7. The quantitative estimate of drug-likeness (QED) is 0.782. The number of para-hydroxylation sites is 1. The van der Waals surface area contributed by atoms with E-state index in [2.05, 4.69) is 0 Å². The standard InChI is InChI=1S/C10H9F3N2O3/c1-18-7-5-3-2-4-6(7)8(16)14-15-9(17)10(11,12)13/h2-5H,1H3,(H,14,16)(H,15,17). The number of hydrogen-bond acceptors (Lipinski definition) is 3. The van der Waals surface area contributed by atoms with E-state index in [0.29, 0.717) is 0 Å². The molecule has 0 radical (unpaired) electrons. The Hall–Kier alpha value is -2.25. The number of carbonyl (C=O) groups is 2. The highest BCUT2D eigenvalue weighted by Crippen LogP contribution is 2.17. The summed E-state index contributed by atoms with van der Waals surface area (Å²) in [5.41, 5.74) is 2.90. The van der Waals surface area contributed by atoms with Crippen LogP contribution in [0, 0.1) is 0 Å². The van der Waals surface area contributed by atoms with Crippen molar-refractivity contribution in [2.45, 2.75) is 6.18 Å². The molecule has 0 heterocycles. The maximum Gasteiger partial charge on any atom is 0.472 e. The fraction of sp³-hybridized carbons (Fsp3) is 0.200. The molecule has 0 saturated carbocycles. The van der Waals surface area contributed by atoms with Gasteiger partial charge in [0.2, 0.25) is 0 Å². The number of ether oxygens (including phenoxy) is 1. The summed E-state index contributed by atoms with van der Waals surface area (Å²) >= 11 is 0. The highest BCUT2D eigenvalue weighted by Gasteiger charge is 2.39. The molecule has 2 N–H and O–H groups in total. The zero-order valence-electron chi connectivity index (χ0n) is 9.17. The van der Waals surface area contributed by atoms with Gasteiger partial charge in [0, 0.05) is 0 Å². The van der Waals surface area contributed by atoms with Gasteiger partial charge in [-0.1, -0.05) is 12.1 Å². The Morgan fingerprint density at radius 2 is 1.78 bits per heavy atom. The van der Waals surface area contributed by atoms with E-state index < -0.39 is 18.0 Å². The van der Waals surface area contributed by atoms with Gasteiger partial charge in [-0.25, -0.2) is 0 Å². The summed E-state index contributed by atoms with van der Waals surface area (Å²) in [5, 5.41) is 0. The van der Waals surface area contributed by atoms with Crippen molar-refractivity contribution in [3.63, 3.8) is 0 Å². The first-order chi connectivity index (χ1) is 8.36. The molecule has 0 aromatic heterocycles. The summed E-state index contributed by atoms with van der Waals surface area (Å²) in [4.78, 5) is 22.0. The minimum atomic E-state index is -5.06. The van der Waals surface area contributed by atoms with E-state index in [1.165, 1.54) is 30.7 Å². The molecule has 0 saturated heterocycles. The third-order valence-electron chi connectivity index (χ3n) is 1.90. The molecule has 0 spiro atoms. The number of alkyl halides is 3. The number of carbonyl (C=O) groups excluding carboxylic acids is 2. The molecule has 0 unspecified atom stereocenters. The van der Waals surface area contributed by atoms with E-state index in [0.717, 1.165) is 0 Å². The van der Waals surface area contributed by atoms with Gasteiger partial charge in [0.15, 0.2) is 0 Å². The van der Waals surface area contributed by atoms with Gasteiger partial charge in [0.05, 0.1) is 12.7 Å². The van der Waals surface area contributed by atoms with Crippen LogP contribution in [0.25, 0.3) is 0 Å². The number of nitrogens with one attached hydrogen (secondary N) is 2. The van der Waals surface area contributed by atoms with Crippen LogP contribution in [0.1, 0.15) is 10.4 Å². The van der Waals surface area contributed by atoms with E-state index in [1.54, 1.807) is 11.5 Å². The molecule has 0 fully saturated rings. The molecule has 1 aromatic carbocycles. The number of hydrazine groups is 1. The molecule has 98 valence electrons. The van der Waals surface area contributed by atoms with Gasteiger partial charge in [-0.05, 0) is 12.1 Å². The van der Waals surface area contributed by atoms with Crippen molar-refractivity contribution >= 4 is 11.8 Å².